The molecule has 4 rings (SSSR count). The molecule has 0 radical (unpaired) electrons. The summed E-state index contributed by atoms with van der Waals surface area (Å²) in [6.45, 7) is 3.53. The van der Waals surface area contributed by atoms with Gasteiger partial charge in [-0.1, -0.05) is 12.1 Å². The third-order valence-electron chi connectivity index (χ3n) is 5.88. The fraction of sp³-hybridized carbons (Fsp3) is 0.455. The van der Waals surface area contributed by atoms with Gasteiger partial charge >= 0.3 is 6.18 Å². The third-order valence-corrected chi connectivity index (χ3v) is 5.88. The molecule has 2 heterocycles. The van der Waals surface area contributed by atoms with E-state index in [4.69, 9.17) is 4.74 Å². The van der Waals surface area contributed by atoms with Crippen LogP contribution in [0.2, 0.25) is 0 Å². The van der Waals surface area contributed by atoms with Crippen LogP contribution in [-0.4, -0.2) is 42.9 Å². The van der Waals surface area contributed by atoms with E-state index in [0.29, 0.717) is 68.0 Å². The van der Waals surface area contributed by atoms with Gasteiger partial charge < -0.3 is 15.0 Å². The molecular formula is C22H23F3N2O3. The van der Waals surface area contributed by atoms with Gasteiger partial charge in [-0.3, -0.25) is 9.59 Å². The average Bonchev–Trinajstić information content (AvgIpc) is 2.72. The minimum absolute atomic E-state index is 0.0616. The molecule has 1 aromatic rings. The van der Waals surface area contributed by atoms with Gasteiger partial charge in [-0.15, -0.1) is 0 Å². The summed E-state index contributed by atoms with van der Waals surface area (Å²) in [5, 5.41) is 3.23. The highest BCUT2D eigenvalue weighted by atomic mass is 19.4. The van der Waals surface area contributed by atoms with Crippen molar-refractivity contribution < 1.29 is 27.5 Å². The first kappa shape index (κ1) is 20.7. The summed E-state index contributed by atoms with van der Waals surface area (Å²) in [5.41, 5.74) is 2.10. The van der Waals surface area contributed by atoms with E-state index >= 15 is 0 Å². The quantitative estimate of drug-likeness (QED) is 0.795. The molecule has 0 unspecified atom stereocenters. The van der Waals surface area contributed by atoms with Crippen LogP contribution in [0.5, 0.6) is 0 Å². The molecule has 1 amide bonds. The summed E-state index contributed by atoms with van der Waals surface area (Å²) < 4.78 is 44.5. The van der Waals surface area contributed by atoms with Crippen molar-refractivity contribution in [2.45, 2.75) is 38.3 Å². The number of allylic oxidation sites excluding steroid dienone is 3. The second-order valence-corrected chi connectivity index (χ2v) is 7.79. The van der Waals surface area contributed by atoms with Crippen LogP contribution in [0, 0.1) is 0 Å². The molecule has 0 saturated carbocycles. The molecule has 1 N–H and O–H groups in total. The first-order valence-electron chi connectivity index (χ1n) is 10.1. The van der Waals surface area contributed by atoms with Crippen molar-refractivity contribution in [3.8, 4) is 0 Å². The lowest BCUT2D eigenvalue weighted by atomic mass is 9.74. The van der Waals surface area contributed by atoms with Crippen LogP contribution in [0.4, 0.5) is 13.2 Å². The van der Waals surface area contributed by atoms with Crippen LogP contribution < -0.4 is 5.32 Å². The predicted molar refractivity (Wildman–Crippen MR) is 103 cm³/mol. The largest absolute Gasteiger partial charge is 0.416 e. The lowest BCUT2D eigenvalue weighted by Crippen LogP contribution is -2.44. The summed E-state index contributed by atoms with van der Waals surface area (Å²) in [6, 6.07) is 4.78. The molecule has 0 bridgehead atoms. The molecule has 1 aromatic carbocycles. The Balaban J connectivity index is 1.79. The topological polar surface area (TPSA) is 58.6 Å². The van der Waals surface area contributed by atoms with Crippen molar-refractivity contribution in [1.82, 2.24) is 10.2 Å². The van der Waals surface area contributed by atoms with Crippen LogP contribution in [0.1, 0.15) is 43.2 Å². The van der Waals surface area contributed by atoms with E-state index in [1.165, 1.54) is 12.1 Å². The van der Waals surface area contributed by atoms with Gasteiger partial charge in [0.1, 0.15) is 0 Å². The molecular weight excluding hydrogens is 397 g/mol. The number of amides is 1. The number of Topliss-reactive ketones (excluding diaryl/α,β-unsaturated/α-hetero) is 1. The Bertz CT molecular complexity index is 926. The Kier molecular flexibility index (Phi) is 5.44. The second-order valence-electron chi connectivity index (χ2n) is 7.79. The minimum Gasteiger partial charge on any atom is -0.378 e. The van der Waals surface area contributed by atoms with Crippen LogP contribution in [0.3, 0.4) is 0 Å². The van der Waals surface area contributed by atoms with E-state index in [2.05, 4.69) is 5.32 Å². The Morgan fingerprint density at radius 2 is 1.80 bits per heavy atom. The standard InChI is InChI=1S/C22H23F3N2O3/c1-13-18(21(29)27-9-11-30-12-10-27)19(20-16(26-13)3-2-4-17(20)28)14-5-7-15(8-6-14)22(23,24)25/h5-8,19,26H,2-4,9-12H2,1H3/t19-/m0/s1. The molecule has 5 nitrogen and oxygen atoms in total. The number of alkyl halides is 3. The van der Waals surface area contributed by atoms with Gasteiger partial charge in [0.2, 0.25) is 0 Å². The molecule has 8 heteroatoms. The van der Waals surface area contributed by atoms with Crippen molar-refractivity contribution >= 4 is 11.7 Å². The molecule has 3 aliphatic rings. The van der Waals surface area contributed by atoms with E-state index in [9.17, 15) is 22.8 Å². The van der Waals surface area contributed by atoms with E-state index in [1.54, 1.807) is 11.8 Å². The zero-order valence-corrected chi connectivity index (χ0v) is 16.6. The summed E-state index contributed by atoms with van der Waals surface area (Å²) in [5.74, 6) is -0.946. The molecule has 160 valence electrons. The number of hydrogen-bond acceptors (Lipinski definition) is 4. The number of ether oxygens (including phenoxy) is 1. The number of nitrogens with one attached hydrogen (secondary N) is 1. The van der Waals surface area contributed by atoms with Gasteiger partial charge in [-0.2, -0.15) is 13.2 Å². The van der Waals surface area contributed by atoms with E-state index in [1.807, 2.05) is 0 Å². The molecule has 1 saturated heterocycles. The number of benzene rings is 1. The number of dihydropyridines is 1. The van der Waals surface area contributed by atoms with Gasteiger partial charge in [0, 0.05) is 48.0 Å². The molecule has 1 aliphatic carbocycles. The summed E-state index contributed by atoms with van der Waals surface area (Å²) >= 11 is 0. The normalized spacial score (nSPS) is 22.7. The smallest absolute Gasteiger partial charge is 0.378 e. The second kappa shape index (κ2) is 7.91. The van der Waals surface area contributed by atoms with Gasteiger partial charge in [0.15, 0.2) is 5.78 Å². The monoisotopic (exact) mass is 420 g/mol. The fourth-order valence-electron chi connectivity index (χ4n) is 4.40. The van der Waals surface area contributed by atoms with Gasteiger partial charge in [-0.05, 0) is 37.5 Å². The summed E-state index contributed by atoms with van der Waals surface area (Å²) in [4.78, 5) is 27.9. The van der Waals surface area contributed by atoms with E-state index in [0.717, 1.165) is 17.8 Å². The van der Waals surface area contributed by atoms with Crippen LogP contribution in [0.25, 0.3) is 0 Å². The minimum atomic E-state index is -4.45. The van der Waals surface area contributed by atoms with Crippen molar-refractivity contribution in [3.05, 3.63) is 57.9 Å². The van der Waals surface area contributed by atoms with Crippen molar-refractivity contribution in [2.75, 3.05) is 26.3 Å². The average molecular weight is 420 g/mol. The highest BCUT2D eigenvalue weighted by molar-refractivity contribution is 6.05. The number of morpholine rings is 1. The summed E-state index contributed by atoms with van der Waals surface area (Å²) in [6.07, 6.45) is -2.69. The number of carbonyl (C=O) groups excluding carboxylic acids is 2. The van der Waals surface area contributed by atoms with Crippen LogP contribution in [-0.2, 0) is 20.5 Å². The van der Waals surface area contributed by atoms with E-state index in [-0.39, 0.29) is 11.7 Å². The van der Waals surface area contributed by atoms with Crippen LogP contribution >= 0.6 is 0 Å². The maximum absolute atomic E-state index is 13.4. The maximum Gasteiger partial charge on any atom is 0.416 e. The lowest BCUT2D eigenvalue weighted by Gasteiger charge is -2.37. The fourth-order valence-corrected chi connectivity index (χ4v) is 4.40. The van der Waals surface area contributed by atoms with Crippen molar-refractivity contribution in [2.24, 2.45) is 0 Å². The van der Waals surface area contributed by atoms with Gasteiger partial charge in [0.25, 0.3) is 5.91 Å². The van der Waals surface area contributed by atoms with Gasteiger partial charge in [0.05, 0.1) is 18.8 Å². The SMILES string of the molecule is CC1=C(C(=O)N2CCOCC2)[C@H](c2ccc(C(F)(F)F)cc2)C2=C(CCCC2=O)N1. The lowest BCUT2D eigenvalue weighted by molar-refractivity contribution is -0.137. The third kappa shape index (κ3) is 3.76. The van der Waals surface area contributed by atoms with Crippen molar-refractivity contribution in [1.29, 1.82) is 0 Å². The number of halogens is 3. The highest BCUT2D eigenvalue weighted by Crippen LogP contribution is 2.43. The maximum atomic E-state index is 13.4. The Hall–Kier alpha value is -2.61. The summed E-state index contributed by atoms with van der Waals surface area (Å²) in [7, 11) is 0. The number of hydrogen-bond donors (Lipinski definition) is 1. The predicted octanol–water partition coefficient (Wildman–Crippen LogP) is 3.53. The molecule has 0 aromatic heterocycles. The van der Waals surface area contributed by atoms with E-state index < -0.39 is 17.7 Å². The molecule has 1 fully saturated rings. The Morgan fingerprint density at radius 1 is 1.13 bits per heavy atom. The van der Waals surface area contributed by atoms with Crippen LogP contribution in [0.15, 0.2) is 46.8 Å². The zero-order valence-electron chi connectivity index (χ0n) is 16.6. The molecule has 2 aliphatic heterocycles. The highest BCUT2D eigenvalue weighted by Gasteiger charge is 2.40. The number of ketones is 1. The zero-order chi connectivity index (χ0) is 21.5. The Morgan fingerprint density at radius 3 is 2.43 bits per heavy atom. The first-order valence-corrected chi connectivity index (χ1v) is 10.1. The first-order chi connectivity index (χ1) is 14.3. The van der Waals surface area contributed by atoms with Crippen molar-refractivity contribution in [3.63, 3.8) is 0 Å². The number of nitrogens with zero attached hydrogens (tertiary/aromatic N) is 1. The number of carbonyl (C=O) groups is 2. The van der Waals surface area contributed by atoms with Gasteiger partial charge in [-0.25, -0.2) is 0 Å². The molecule has 1 atom stereocenters. The Labute approximate surface area is 172 Å². The molecule has 30 heavy (non-hydrogen) atoms. The number of rotatable bonds is 2. The molecule has 0 spiro atoms.